The molecule has 0 bridgehead atoms. The van der Waals surface area contributed by atoms with Crippen molar-refractivity contribution < 1.29 is 14.9 Å². The van der Waals surface area contributed by atoms with Gasteiger partial charge in [0.15, 0.2) is 0 Å². The Labute approximate surface area is 104 Å². The summed E-state index contributed by atoms with van der Waals surface area (Å²) >= 11 is 0. The third kappa shape index (κ3) is 1.25. The molecule has 18 heavy (non-hydrogen) atoms. The summed E-state index contributed by atoms with van der Waals surface area (Å²) in [6.07, 6.45) is 7.80. The number of hydrogen-bond donors (Lipinski definition) is 1. The second-order valence-electron chi connectivity index (χ2n) is 4.63. The van der Waals surface area contributed by atoms with Crippen LogP contribution in [0, 0.1) is 5.41 Å². The Morgan fingerprint density at radius 2 is 1.94 bits per heavy atom. The minimum Gasteiger partial charge on any atom is -0.296 e. The van der Waals surface area contributed by atoms with E-state index in [1.165, 1.54) is 0 Å². The van der Waals surface area contributed by atoms with Crippen LogP contribution in [0.1, 0.15) is 6.92 Å². The molecule has 1 N–H and O–H groups in total. The smallest absolute Gasteiger partial charge is 0.296 e. The van der Waals surface area contributed by atoms with Crippen LogP contribution in [-0.4, -0.2) is 11.2 Å². The highest BCUT2D eigenvalue weighted by atomic mass is 17.1. The average molecular weight is 240 g/mol. The lowest BCUT2D eigenvalue weighted by atomic mass is 9.75. The highest BCUT2D eigenvalue weighted by molar-refractivity contribution is 6.16. The number of rotatable bonds is 1. The molecule has 3 heteroatoms. The van der Waals surface area contributed by atoms with Crippen molar-refractivity contribution in [2.75, 3.05) is 0 Å². The van der Waals surface area contributed by atoms with Crippen molar-refractivity contribution in [1.82, 2.24) is 0 Å². The number of carbonyl (C=O) groups excluding carboxylic acids is 1. The number of fused-ring (bicyclic) bond motifs is 2. The van der Waals surface area contributed by atoms with Gasteiger partial charge in [0, 0.05) is 5.41 Å². The molecule has 0 fully saturated rings. The van der Waals surface area contributed by atoms with E-state index in [1.807, 2.05) is 55.5 Å². The molecule has 1 aromatic rings. The Kier molecular flexibility index (Phi) is 2.25. The van der Waals surface area contributed by atoms with Crippen molar-refractivity contribution in [2.45, 2.75) is 6.92 Å². The predicted octanol–water partition coefficient (Wildman–Crippen LogP) is 1.15. The van der Waals surface area contributed by atoms with Crippen LogP contribution in [0.2, 0.25) is 0 Å². The van der Waals surface area contributed by atoms with E-state index in [2.05, 4.69) is 4.89 Å². The summed E-state index contributed by atoms with van der Waals surface area (Å²) in [5.74, 6) is -0.695. The lowest BCUT2D eigenvalue weighted by Crippen LogP contribution is -2.27. The number of benzene rings is 1. The first-order valence-electron chi connectivity index (χ1n) is 5.75. The molecule has 2 aliphatic carbocycles. The Morgan fingerprint density at radius 1 is 1.22 bits per heavy atom. The van der Waals surface area contributed by atoms with E-state index in [4.69, 9.17) is 5.26 Å². The fraction of sp³-hybridized carbons (Fsp3) is 0.133. The molecule has 0 amide bonds. The van der Waals surface area contributed by atoms with Crippen molar-refractivity contribution in [3.8, 4) is 0 Å². The highest BCUT2D eigenvalue weighted by Gasteiger charge is 2.40. The monoisotopic (exact) mass is 240 g/mol. The molecule has 1 atom stereocenters. The maximum atomic E-state index is 11.9. The molecular formula is C15H12O3. The van der Waals surface area contributed by atoms with Crippen LogP contribution in [0.15, 0.2) is 48.6 Å². The Morgan fingerprint density at radius 3 is 2.67 bits per heavy atom. The zero-order valence-electron chi connectivity index (χ0n) is 9.88. The van der Waals surface area contributed by atoms with Gasteiger partial charge in [-0.1, -0.05) is 48.6 Å². The second kappa shape index (κ2) is 3.68. The van der Waals surface area contributed by atoms with Crippen LogP contribution in [0.5, 0.6) is 0 Å². The molecule has 0 unspecified atom stereocenters. The zero-order valence-corrected chi connectivity index (χ0v) is 9.88. The summed E-state index contributed by atoms with van der Waals surface area (Å²) in [4.78, 5) is 15.8. The lowest BCUT2D eigenvalue weighted by Gasteiger charge is -2.27. The Hall–Kier alpha value is -2.13. The Bertz CT molecular complexity index is 709. The average Bonchev–Trinajstić information content (AvgIpc) is 2.66. The third-order valence-corrected chi connectivity index (χ3v) is 3.66. The summed E-state index contributed by atoms with van der Waals surface area (Å²) in [7, 11) is 0. The molecule has 3 rings (SSSR count). The molecule has 0 radical (unpaired) electrons. The maximum absolute atomic E-state index is 11.9. The fourth-order valence-electron chi connectivity index (χ4n) is 2.83. The van der Waals surface area contributed by atoms with Gasteiger partial charge in [0.05, 0.1) is 5.57 Å². The minimum atomic E-state index is -0.695. The van der Waals surface area contributed by atoms with Gasteiger partial charge in [-0.3, -0.25) is 4.89 Å². The van der Waals surface area contributed by atoms with Crippen LogP contribution in [0.3, 0.4) is 0 Å². The number of carbonyl (C=O) groups is 1. The molecule has 0 aromatic heterocycles. The quantitative estimate of drug-likeness (QED) is 0.591. The molecule has 0 heterocycles. The van der Waals surface area contributed by atoms with E-state index in [0.717, 1.165) is 16.0 Å². The van der Waals surface area contributed by atoms with Crippen LogP contribution in [-0.2, 0) is 9.68 Å². The summed E-state index contributed by atoms with van der Waals surface area (Å²) < 4.78 is 0. The lowest BCUT2D eigenvalue weighted by molar-refractivity contribution is -0.227. The Balaban J connectivity index is 2.47. The zero-order chi connectivity index (χ0) is 12.8. The topological polar surface area (TPSA) is 46.5 Å². The van der Waals surface area contributed by atoms with Crippen molar-refractivity contribution in [3.63, 3.8) is 0 Å². The molecule has 2 aliphatic rings. The number of hydrogen-bond acceptors (Lipinski definition) is 3. The normalized spacial score (nSPS) is 23.9. The van der Waals surface area contributed by atoms with Crippen LogP contribution in [0.4, 0.5) is 0 Å². The van der Waals surface area contributed by atoms with Gasteiger partial charge in [-0.05, 0) is 22.9 Å². The summed E-state index contributed by atoms with van der Waals surface area (Å²) in [6.45, 7) is 1.95. The van der Waals surface area contributed by atoms with Gasteiger partial charge in [0.25, 0.3) is 0 Å². The first-order chi connectivity index (χ1) is 8.68. The van der Waals surface area contributed by atoms with E-state index in [9.17, 15) is 4.79 Å². The molecular weight excluding hydrogens is 228 g/mol. The highest BCUT2D eigenvalue weighted by Crippen LogP contribution is 2.42. The van der Waals surface area contributed by atoms with E-state index in [-0.39, 0.29) is 0 Å². The number of allylic oxidation sites excluding steroid dienone is 4. The van der Waals surface area contributed by atoms with Gasteiger partial charge in [-0.25, -0.2) is 4.79 Å². The molecule has 0 spiro atoms. The van der Waals surface area contributed by atoms with E-state index < -0.39 is 11.4 Å². The molecule has 0 aliphatic heterocycles. The summed E-state index contributed by atoms with van der Waals surface area (Å²) in [5.41, 5.74) is 1.01. The van der Waals surface area contributed by atoms with Crippen molar-refractivity contribution in [1.29, 1.82) is 0 Å². The van der Waals surface area contributed by atoms with Crippen LogP contribution < -0.4 is 10.4 Å². The first kappa shape index (κ1) is 11.0. The van der Waals surface area contributed by atoms with E-state index >= 15 is 0 Å². The standard InChI is InChI=1S/C15H12O3/c1-15-9-5-4-8-12(15)10-6-2-3-7-11(10)13(15)14(16)18-17/h2-9,17H,1H3/t15-/m1/s1. The van der Waals surface area contributed by atoms with Crippen molar-refractivity contribution >= 4 is 17.1 Å². The van der Waals surface area contributed by atoms with Gasteiger partial charge in [0.2, 0.25) is 0 Å². The van der Waals surface area contributed by atoms with E-state index in [1.54, 1.807) is 0 Å². The summed E-state index contributed by atoms with van der Waals surface area (Å²) in [5, 5.41) is 10.5. The predicted molar refractivity (Wildman–Crippen MR) is 67.6 cm³/mol. The van der Waals surface area contributed by atoms with Gasteiger partial charge in [-0.2, -0.15) is 5.26 Å². The van der Waals surface area contributed by atoms with Crippen LogP contribution in [0.25, 0.3) is 11.1 Å². The fourth-order valence-corrected chi connectivity index (χ4v) is 2.83. The first-order valence-corrected chi connectivity index (χ1v) is 5.75. The van der Waals surface area contributed by atoms with Gasteiger partial charge < -0.3 is 0 Å². The maximum Gasteiger partial charge on any atom is 0.370 e. The largest absolute Gasteiger partial charge is 0.370 e. The molecule has 3 nitrogen and oxygen atoms in total. The van der Waals surface area contributed by atoms with Gasteiger partial charge in [-0.15, -0.1) is 0 Å². The molecule has 90 valence electrons. The van der Waals surface area contributed by atoms with Crippen molar-refractivity contribution in [3.05, 3.63) is 59.0 Å². The minimum absolute atomic E-state index is 0.483. The molecule has 1 aromatic carbocycles. The molecule has 0 saturated carbocycles. The van der Waals surface area contributed by atoms with Gasteiger partial charge >= 0.3 is 5.97 Å². The van der Waals surface area contributed by atoms with E-state index in [0.29, 0.717) is 5.57 Å². The van der Waals surface area contributed by atoms with Gasteiger partial charge in [0.1, 0.15) is 0 Å². The van der Waals surface area contributed by atoms with Crippen molar-refractivity contribution in [2.24, 2.45) is 5.41 Å². The molecule has 0 saturated heterocycles. The SMILES string of the molecule is C[C@@]12C=CC=CC1=c1ccccc1=C2C(=O)OO. The second-order valence-corrected chi connectivity index (χ2v) is 4.63. The summed E-state index contributed by atoms with van der Waals surface area (Å²) in [6, 6.07) is 7.66. The third-order valence-electron chi connectivity index (χ3n) is 3.66. The van der Waals surface area contributed by atoms with Crippen LogP contribution >= 0.6 is 0 Å².